The van der Waals surface area contributed by atoms with Crippen molar-refractivity contribution in [1.82, 2.24) is 0 Å². The summed E-state index contributed by atoms with van der Waals surface area (Å²) in [6.07, 6.45) is -2.62. The number of carbonyl (C=O) groups is 4. The molecular formula is C46H57N3O12. The molecule has 0 radical (unpaired) electrons. The summed E-state index contributed by atoms with van der Waals surface area (Å²) in [4.78, 5) is 51.2. The smallest absolute Gasteiger partial charge is 0.338 e. The first-order valence-corrected chi connectivity index (χ1v) is 19.9. The maximum Gasteiger partial charge on any atom is 0.338 e. The quantitative estimate of drug-likeness (QED) is 0.0414. The van der Waals surface area contributed by atoms with Gasteiger partial charge in [0.15, 0.2) is 0 Å². The molecule has 4 aromatic carbocycles. The first-order chi connectivity index (χ1) is 29.1. The molecule has 4 rings (SSSR count). The Balaban J connectivity index is 1.46. The topological polar surface area (TPSA) is 220 Å². The van der Waals surface area contributed by atoms with Crippen LogP contribution in [0.1, 0.15) is 74.7 Å². The average Bonchev–Trinajstić information content (AvgIpc) is 3.21. The summed E-state index contributed by atoms with van der Waals surface area (Å²) >= 11 is 0. The van der Waals surface area contributed by atoms with E-state index >= 15 is 0 Å². The van der Waals surface area contributed by atoms with Crippen LogP contribution in [0.4, 0.5) is 17.1 Å². The second-order valence-corrected chi connectivity index (χ2v) is 15.2. The minimum atomic E-state index is -1.04. The van der Waals surface area contributed by atoms with Gasteiger partial charge in [0.1, 0.15) is 24.4 Å². The van der Waals surface area contributed by atoms with E-state index in [1.165, 1.54) is 0 Å². The van der Waals surface area contributed by atoms with Gasteiger partial charge in [0.05, 0.1) is 80.5 Å². The highest BCUT2D eigenvalue weighted by Gasteiger charge is 2.34. The van der Waals surface area contributed by atoms with Crippen LogP contribution in [0.3, 0.4) is 0 Å². The van der Waals surface area contributed by atoms with Gasteiger partial charge in [-0.25, -0.2) is 19.2 Å². The van der Waals surface area contributed by atoms with E-state index in [1.54, 1.807) is 113 Å². The van der Waals surface area contributed by atoms with E-state index in [2.05, 4.69) is 0 Å². The van der Waals surface area contributed by atoms with E-state index < -0.39 is 53.7 Å². The Kier molecular flexibility index (Phi) is 18.5. The molecule has 0 amide bonds. The number of rotatable bonds is 24. The van der Waals surface area contributed by atoms with Crippen molar-refractivity contribution >= 4 is 40.9 Å². The van der Waals surface area contributed by atoms with Gasteiger partial charge in [0.25, 0.3) is 0 Å². The third kappa shape index (κ3) is 16.5. The van der Waals surface area contributed by atoms with Gasteiger partial charge in [0, 0.05) is 17.1 Å². The van der Waals surface area contributed by atoms with Crippen molar-refractivity contribution in [3.63, 3.8) is 0 Å². The third-order valence-corrected chi connectivity index (χ3v) is 9.00. The lowest BCUT2D eigenvalue weighted by molar-refractivity contribution is -0.130. The third-order valence-electron chi connectivity index (χ3n) is 9.00. The number of nitrogens with two attached hydrogens (primary N) is 3. The molecule has 0 spiro atoms. The van der Waals surface area contributed by atoms with Gasteiger partial charge in [-0.3, -0.25) is 0 Å². The van der Waals surface area contributed by atoms with Gasteiger partial charge in [-0.15, -0.1) is 0 Å². The van der Waals surface area contributed by atoms with Crippen molar-refractivity contribution in [2.75, 3.05) is 70.1 Å². The predicted molar refractivity (Wildman–Crippen MR) is 229 cm³/mol. The molecule has 6 N–H and O–H groups in total. The zero-order chi connectivity index (χ0) is 44.4. The number of nitrogen functional groups attached to an aromatic ring is 3. The lowest BCUT2D eigenvalue weighted by atomic mass is 9.92. The summed E-state index contributed by atoms with van der Waals surface area (Å²) in [5.41, 5.74) is 20.2. The second kappa shape index (κ2) is 23.7. The molecule has 15 nitrogen and oxygen atoms in total. The van der Waals surface area contributed by atoms with Crippen LogP contribution in [-0.2, 0) is 37.9 Å². The van der Waals surface area contributed by atoms with E-state index in [1.807, 2.05) is 19.1 Å². The highest BCUT2D eigenvalue weighted by Crippen LogP contribution is 2.23. The fourth-order valence-electron chi connectivity index (χ4n) is 5.70. The molecule has 0 saturated heterocycles. The zero-order valence-corrected chi connectivity index (χ0v) is 35.3. The van der Waals surface area contributed by atoms with Crippen LogP contribution in [0.2, 0.25) is 0 Å². The number of hydrogen-bond acceptors (Lipinski definition) is 15. The standard InChI is InChI=1S/C46H57N3O12/c1-30-6-8-35(9-7-30)42(50)58-31(2)22-54-26-46(27-55-23-32(3)59-43(51)36-10-16-39(47)17-11-36,28-56-24-33(4)60-44(52)37-12-18-40(48)19-13-37)29-57-25-34(5)61-45(53)38-14-20-41(49)21-15-38/h6-21,31-34H,22-29,47-49H2,1-5H3. The van der Waals surface area contributed by atoms with E-state index in [-0.39, 0.29) is 52.9 Å². The van der Waals surface area contributed by atoms with Crippen molar-refractivity contribution in [3.8, 4) is 0 Å². The maximum absolute atomic E-state index is 12.8. The van der Waals surface area contributed by atoms with Crippen molar-refractivity contribution in [3.05, 3.63) is 125 Å². The minimum Gasteiger partial charge on any atom is -0.457 e. The Morgan fingerprint density at radius 3 is 0.852 bits per heavy atom. The minimum absolute atomic E-state index is 0.00175. The summed E-state index contributed by atoms with van der Waals surface area (Å²) < 4.78 is 47.2. The summed E-state index contributed by atoms with van der Waals surface area (Å²) in [5, 5.41) is 0. The molecule has 0 bridgehead atoms. The Labute approximate surface area is 356 Å². The fraction of sp³-hybridized carbons (Fsp3) is 0.391. The predicted octanol–water partition coefficient (Wildman–Crippen LogP) is 6.08. The maximum atomic E-state index is 12.8. The molecule has 15 heteroatoms. The molecular weight excluding hydrogens is 787 g/mol. The molecule has 61 heavy (non-hydrogen) atoms. The van der Waals surface area contributed by atoms with E-state index in [4.69, 9.17) is 55.1 Å². The van der Waals surface area contributed by atoms with Gasteiger partial charge < -0.3 is 55.1 Å². The Hall–Kier alpha value is -6.00. The molecule has 328 valence electrons. The lowest BCUT2D eigenvalue weighted by Crippen LogP contribution is -2.44. The number of ether oxygens (including phenoxy) is 8. The highest BCUT2D eigenvalue weighted by atomic mass is 16.6. The Morgan fingerprint density at radius 1 is 0.410 bits per heavy atom. The molecule has 0 aliphatic carbocycles. The van der Waals surface area contributed by atoms with Gasteiger partial charge in [-0.05, 0) is 120 Å². The van der Waals surface area contributed by atoms with Crippen LogP contribution in [0, 0.1) is 12.3 Å². The number of aryl methyl sites for hydroxylation is 1. The zero-order valence-electron chi connectivity index (χ0n) is 35.3. The molecule has 4 unspecified atom stereocenters. The Morgan fingerprint density at radius 2 is 0.623 bits per heavy atom. The molecule has 0 aliphatic rings. The molecule has 4 atom stereocenters. The van der Waals surface area contributed by atoms with Gasteiger partial charge in [0.2, 0.25) is 0 Å². The van der Waals surface area contributed by atoms with Crippen LogP contribution in [0.5, 0.6) is 0 Å². The summed E-state index contributed by atoms with van der Waals surface area (Å²) in [6.45, 7) is 8.65. The number of esters is 4. The monoisotopic (exact) mass is 843 g/mol. The van der Waals surface area contributed by atoms with Crippen LogP contribution in [0.25, 0.3) is 0 Å². The molecule has 4 aromatic rings. The fourth-order valence-corrected chi connectivity index (χ4v) is 5.70. The normalized spacial score (nSPS) is 14.1. The van der Waals surface area contributed by atoms with Crippen molar-refractivity contribution in [2.45, 2.75) is 59.0 Å². The van der Waals surface area contributed by atoms with Crippen LogP contribution >= 0.6 is 0 Å². The molecule has 0 aliphatic heterocycles. The molecule has 0 saturated carbocycles. The van der Waals surface area contributed by atoms with Crippen molar-refractivity contribution in [1.29, 1.82) is 0 Å². The number of hydrogen-bond donors (Lipinski definition) is 3. The van der Waals surface area contributed by atoms with Gasteiger partial charge in [-0.2, -0.15) is 0 Å². The van der Waals surface area contributed by atoms with Crippen molar-refractivity contribution in [2.24, 2.45) is 5.41 Å². The Bertz CT molecular complexity index is 1700. The van der Waals surface area contributed by atoms with Crippen molar-refractivity contribution < 1.29 is 57.1 Å². The first kappa shape index (κ1) is 47.7. The van der Waals surface area contributed by atoms with E-state index in [0.717, 1.165) is 5.56 Å². The number of benzene rings is 4. The highest BCUT2D eigenvalue weighted by molar-refractivity contribution is 5.91. The van der Waals surface area contributed by atoms with E-state index in [9.17, 15) is 19.2 Å². The summed E-state index contributed by atoms with van der Waals surface area (Å²) in [5.74, 6) is -2.13. The first-order valence-electron chi connectivity index (χ1n) is 19.9. The molecule has 0 heterocycles. The summed E-state index contributed by atoms with van der Waals surface area (Å²) in [6, 6.07) is 26.1. The van der Waals surface area contributed by atoms with Crippen LogP contribution < -0.4 is 17.2 Å². The largest absolute Gasteiger partial charge is 0.457 e. The van der Waals surface area contributed by atoms with Gasteiger partial charge in [-0.1, -0.05) is 17.7 Å². The number of carbonyl (C=O) groups excluding carboxylic acids is 4. The summed E-state index contributed by atoms with van der Waals surface area (Å²) in [7, 11) is 0. The van der Waals surface area contributed by atoms with Crippen LogP contribution in [0.15, 0.2) is 97.1 Å². The SMILES string of the molecule is Cc1ccc(C(=O)OC(C)COCC(COCC(C)OC(=O)c2ccc(N)cc2)(COCC(C)OC(=O)c2ccc(N)cc2)COCC(C)OC(=O)c2ccc(N)cc2)cc1. The van der Waals surface area contributed by atoms with E-state index in [0.29, 0.717) is 39.3 Å². The van der Waals surface area contributed by atoms with Gasteiger partial charge >= 0.3 is 23.9 Å². The molecule has 0 aromatic heterocycles. The lowest BCUT2D eigenvalue weighted by Gasteiger charge is -2.34. The number of anilines is 3. The second-order valence-electron chi connectivity index (χ2n) is 15.2. The van der Waals surface area contributed by atoms with Crippen LogP contribution in [-0.4, -0.2) is 101 Å². The molecule has 0 fully saturated rings. The average molecular weight is 844 g/mol.